The molecule has 1 unspecified atom stereocenters. The summed E-state index contributed by atoms with van der Waals surface area (Å²) in [6.07, 6.45) is 0.163. The van der Waals surface area contributed by atoms with E-state index in [-0.39, 0.29) is 17.9 Å². The Labute approximate surface area is 185 Å². The zero-order chi connectivity index (χ0) is 21.0. The molecule has 0 amide bonds. The van der Waals surface area contributed by atoms with Crippen molar-refractivity contribution < 1.29 is 9.72 Å². The lowest BCUT2D eigenvalue weighted by atomic mass is 9.97. The number of nitrogens with one attached hydrogen (secondary N) is 1. The number of halogens is 3. The zero-order valence-electron chi connectivity index (χ0n) is 14.9. The quantitative estimate of drug-likeness (QED) is 0.216. The lowest BCUT2D eigenvalue weighted by Crippen LogP contribution is -2.16. The maximum atomic E-state index is 12.8. The summed E-state index contributed by atoms with van der Waals surface area (Å²) in [5.74, 6) is -0.0528. The number of non-ortho nitro benzene ring substituents is 1. The Morgan fingerprint density at radius 3 is 2.24 bits per heavy atom. The minimum Gasteiger partial charge on any atom is -0.378 e. The van der Waals surface area contributed by atoms with Crippen molar-refractivity contribution in [3.8, 4) is 0 Å². The summed E-state index contributed by atoms with van der Waals surface area (Å²) in [4.78, 5) is 23.2. The third kappa shape index (κ3) is 5.56. The van der Waals surface area contributed by atoms with Gasteiger partial charge in [-0.2, -0.15) is 0 Å². The Balaban J connectivity index is 1.88. The predicted octanol–water partition coefficient (Wildman–Crippen LogP) is 7.09. The van der Waals surface area contributed by atoms with Crippen molar-refractivity contribution in [3.63, 3.8) is 0 Å². The number of carbonyl (C=O) groups is 1. The molecule has 0 saturated heterocycles. The van der Waals surface area contributed by atoms with Gasteiger partial charge in [-0.15, -0.1) is 0 Å². The molecule has 8 heteroatoms. The highest BCUT2D eigenvalue weighted by Gasteiger charge is 2.19. The van der Waals surface area contributed by atoms with Gasteiger partial charge >= 0.3 is 0 Å². The van der Waals surface area contributed by atoms with Crippen LogP contribution in [0.3, 0.4) is 0 Å². The van der Waals surface area contributed by atoms with Gasteiger partial charge in [-0.05, 0) is 42.0 Å². The van der Waals surface area contributed by atoms with Gasteiger partial charge in [0.05, 0.1) is 21.0 Å². The van der Waals surface area contributed by atoms with Crippen molar-refractivity contribution in [2.45, 2.75) is 12.5 Å². The van der Waals surface area contributed by atoms with Crippen LogP contribution in [-0.2, 0) is 0 Å². The topological polar surface area (TPSA) is 72.2 Å². The summed E-state index contributed by atoms with van der Waals surface area (Å²) >= 11 is 15.5. The first-order chi connectivity index (χ1) is 13.8. The Morgan fingerprint density at radius 1 is 1.00 bits per heavy atom. The molecule has 148 valence electrons. The number of nitro benzene ring substituents is 1. The van der Waals surface area contributed by atoms with E-state index in [1.54, 1.807) is 42.5 Å². The molecular formula is C21H15BrCl2N2O3. The van der Waals surface area contributed by atoms with Gasteiger partial charge in [-0.3, -0.25) is 14.9 Å². The number of ketones is 1. The molecule has 3 rings (SSSR count). The number of rotatable bonds is 7. The minimum absolute atomic E-state index is 0.00687. The van der Waals surface area contributed by atoms with Crippen LogP contribution in [-0.4, -0.2) is 10.7 Å². The van der Waals surface area contributed by atoms with E-state index in [0.29, 0.717) is 21.3 Å². The van der Waals surface area contributed by atoms with Crippen LogP contribution in [0.5, 0.6) is 0 Å². The number of nitro groups is 1. The molecule has 0 aliphatic heterocycles. The molecule has 1 N–H and O–H groups in total. The Morgan fingerprint density at radius 2 is 1.66 bits per heavy atom. The van der Waals surface area contributed by atoms with E-state index in [2.05, 4.69) is 21.2 Å². The number of Topliss-reactive ketones (excluding diaryl/α,β-unsaturated/α-hetero) is 1. The van der Waals surface area contributed by atoms with Gasteiger partial charge in [-0.1, -0.05) is 57.3 Å². The molecule has 0 aliphatic carbocycles. The number of hydrogen-bond donors (Lipinski definition) is 1. The van der Waals surface area contributed by atoms with Crippen molar-refractivity contribution in [1.29, 1.82) is 0 Å². The van der Waals surface area contributed by atoms with Crippen molar-refractivity contribution in [1.82, 2.24) is 0 Å². The summed E-state index contributed by atoms with van der Waals surface area (Å²) < 4.78 is 0.888. The molecule has 0 bridgehead atoms. The first-order valence-corrected chi connectivity index (χ1v) is 10.1. The number of anilines is 1. The molecule has 3 aromatic carbocycles. The summed E-state index contributed by atoms with van der Waals surface area (Å²) in [6, 6.07) is 17.9. The number of nitrogens with zero attached hydrogens (tertiary/aromatic N) is 1. The van der Waals surface area contributed by atoms with Crippen LogP contribution >= 0.6 is 39.1 Å². The molecule has 0 radical (unpaired) electrons. The van der Waals surface area contributed by atoms with E-state index >= 15 is 0 Å². The van der Waals surface area contributed by atoms with E-state index < -0.39 is 11.0 Å². The van der Waals surface area contributed by atoms with Gasteiger partial charge in [0.25, 0.3) is 5.69 Å². The van der Waals surface area contributed by atoms with Crippen LogP contribution in [0.15, 0.2) is 71.2 Å². The fourth-order valence-corrected chi connectivity index (χ4v) is 3.37. The minimum atomic E-state index is -0.461. The van der Waals surface area contributed by atoms with E-state index in [0.717, 1.165) is 10.0 Å². The van der Waals surface area contributed by atoms with Crippen molar-refractivity contribution in [2.75, 3.05) is 5.32 Å². The average Bonchev–Trinajstić information content (AvgIpc) is 2.70. The molecule has 0 fully saturated rings. The second-order valence-corrected chi connectivity index (χ2v) is 8.04. The molecule has 5 nitrogen and oxygen atoms in total. The summed E-state index contributed by atoms with van der Waals surface area (Å²) in [5, 5.41) is 14.9. The summed E-state index contributed by atoms with van der Waals surface area (Å²) in [5.41, 5.74) is 2.01. The van der Waals surface area contributed by atoms with Gasteiger partial charge in [0, 0.05) is 34.3 Å². The zero-order valence-corrected chi connectivity index (χ0v) is 18.0. The maximum Gasteiger partial charge on any atom is 0.269 e. The van der Waals surface area contributed by atoms with E-state index in [1.807, 2.05) is 12.1 Å². The normalized spacial score (nSPS) is 11.7. The Hall–Kier alpha value is -2.41. The number of carbonyl (C=O) groups excluding carboxylic acids is 1. The van der Waals surface area contributed by atoms with Crippen molar-refractivity contribution in [2.24, 2.45) is 0 Å². The number of hydrogen-bond acceptors (Lipinski definition) is 4. The molecule has 0 heterocycles. The standard InChI is InChI=1S/C21H15BrCl2N2O3/c22-15-4-1-13(2-5-15)21(27)12-20(14-3-10-18(23)19(24)11-14)25-16-6-8-17(9-7-16)26(28)29/h1-11,20,25H,12H2. The maximum absolute atomic E-state index is 12.8. The highest BCUT2D eigenvalue weighted by Crippen LogP contribution is 2.30. The van der Waals surface area contributed by atoms with Crippen molar-refractivity contribution >= 4 is 56.3 Å². The van der Waals surface area contributed by atoms with Gasteiger partial charge in [0.1, 0.15) is 0 Å². The lowest BCUT2D eigenvalue weighted by molar-refractivity contribution is -0.384. The first-order valence-electron chi connectivity index (χ1n) is 8.58. The summed E-state index contributed by atoms with van der Waals surface area (Å²) in [7, 11) is 0. The lowest BCUT2D eigenvalue weighted by Gasteiger charge is -2.20. The largest absolute Gasteiger partial charge is 0.378 e. The molecule has 0 spiro atoms. The molecular weight excluding hydrogens is 479 g/mol. The Kier molecular flexibility index (Phi) is 6.90. The summed E-state index contributed by atoms with van der Waals surface area (Å²) in [6.45, 7) is 0. The van der Waals surface area contributed by atoms with Crippen LogP contribution in [0, 0.1) is 10.1 Å². The molecule has 0 aromatic heterocycles. The van der Waals surface area contributed by atoms with Crippen LogP contribution in [0.1, 0.15) is 28.4 Å². The number of benzene rings is 3. The van der Waals surface area contributed by atoms with Gasteiger partial charge in [0.15, 0.2) is 5.78 Å². The second-order valence-electron chi connectivity index (χ2n) is 6.31. The fourth-order valence-electron chi connectivity index (χ4n) is 2.80. The van der Waals surface area contributed by atoms with Crippen LogP contribution in [0.2, 0.25) is 10.0 Å². The van der Waals surface area contributed by atoms with E-state index in [4.69, 9.17) is 23.2 Å². The molecule has 0 saturated carbocycles. The second kappa shape index (κ2) is 9.39. The molecule has 3 aromatic rings. The highest BCUT2D eigenvalue weighted by atomic mass is 79.9. The van der Waals surface area contributed by atoms with Crippen LogP contribution in [0.25, 0.3) is 0 Å². The molecule has 29 heavy (non-hydrogen) atoms. The predicted molar refractivity (Wildman–Crippen MR) is 119 cm³/mol. The van der Waals surface area contributed by atoms with E-state index in [1.165, 1.54) is 12.1 Å². The van der Waals surface area contributed by atoms with Crippen molar-refractivity contribution in [3.05, 3.63) is 102 Å². The van der Waals surface area contributed by atoms with E-state index in [9.17, 15) is 14.9 Å². The SMILES string of the molecule is O=C(CC(Nc1ccc([N+](=O)[O-])cc1)c1ccc(Cl)c(Cl)c1)c1ccc(Br)cc1. The van der Waals surface area contributed by atoms with Crippen LogP contribution < -0.4 is 5.32 Å². The van der Waals surface area contributed by atoms with Gasteiger partial charge < -0.3 is 5.32 Å². The third-order valence-electron chi connectivity index (χ3n) is 4.32. The van der Waals surface area contributed by atoms with Gasteiger partial charge in [-0.25, -0.2) is 0 Å². The average molecular weight is 494 g/mol. The highest BCUT2D eigenvalue weighted by molar-refractivity contribution is 9.10. The first kappa shape index (κ1) is 21.3. The molecule has 0 aliphatic rings. The monoisotopic (exact) mass is 492 g/mol. The Bertz CT molecular complexity index is 1040. The third-order valence-corrected chi connectivity index (χ3v) is 5.59. The van der Waals surface area contributed by atoms with Gasteiger partial charge in [0.2, 0.25) is 0 Å². The fraction of sp³-hybridized carbons (Fsp3) is 0.0952. The molecule has 1 atom stereocenters. The smallest absolute Gasteiger partial charge is 0.269 e. The van der Waals surface area contributed by atoms with Crippen LogP contribution in [0.4, 0.5) is 11.4 Å².